The molecule has 1 N–H and O–H groups in total. The first-order valence-electron chi connectivity index (χ1n) is 6.34. The standard InChI is InChI=1S/C16H16Br2O/c17-13-9-10-15(18)14(11-13)16(19)8-4-7-12-5-2-1-3-6-12/h1-3,5-6,9-11,16,19H,4,7-8H2. The van der Waals surface area contributed by atoms with Gasteiger partial charge >= 0.3 is 0 Å². The Morgan fingerprint density at radius 1 is 1.00 bits per heavy atom. The Morgan fingerprint density at radius 3 is 2.47 bits per heavy atom. The fraction of sp³-hybridized carbons (Fsp3) is 0.250. The van der Waals surface area contributed by atoms with Gasteiger partial charge in [0.15, 0.2) is 0 Å². The van der Waals surface area contributed by atoms with Crippen LogP contribution in [-0.4, -0.2) is 5.11 Å². The van der Waals surface area contributed by atoms with Gasteiger partial charge in [-0.2, -0.15) is 0 Å². The SMILES string of the molecule is OC(CCCc1ccccc1)c1cc(Br)ccc1Br. The van der Waals surface area contributed by atoms with E-state index in [4.69, 9.17) is 0 Å². The Kier molecular flexibility index (Phi) is 5.61. The Labute approximate surface area is 130 Å². The van der Waals surface area contributed by atoms with Crippen molar-refractivity contribution in [1.82, 2.24) is 0 Å². The highest BCUT2D eigenvalue weighted by Crippen LogP contribution is 2.29. The van der Waals surface area contributed by atoms with Crippen molar-refractivity contribution in [2.75, 3.05) is 0 Å². The Morgan fingerprint density at radius 2 is 1.74 bits per heavy atom. The van der Waals surface area contributed by atoms with Crippen molar-refractivity contribution in [3.8, 4) is 0 Å². The molecule has 1 unspecified atom stereocenters. The molecule has 0 saturated heterocycles. The molecule has 2 aromatic rings. The first-order valence-corrected chi connectivity index (χ1v) is 7.92. The van der Waals surface area contributed by atoms with Crippen LogP contribution in [0, 0.1) is 0 Å². The predicted molar refractivity (Wildman–Crippen MR) is 86.2 cm³/mol. The fourth-order valence-electron chi connectivity index (χ4n) is 2.07. The number of hydrogen-bond donors (Lipinski definition) is 1. The molecular weight excluding hydrogens is 368 g/mol. The van der Waals surface area contributed by atoms with Gasteiger partial charge in [0.05, 0.1) is 6.10 Å². The summed E-state index contributed by atoms with van der Waals surface area (Å²) in [6.07, 6.45) is 2.33. The highest BCUT2D eigenvalue weighted by molar-refractivity contribution is 9.11. The normalized spacial score (nSPS) is 12.4. The van der Waals surface area contributed by atoms with Crippen LogP contribution in [0.1, 0.15) is 30.1 Å². The number of aliphatic hydroxyl groups excluding tert-OH is 1. The van der Waals surface area contributed by atoms with Crippen molar-refractivity contribution in [3.63, 3.8) is 0 Å². The largest absolute Gasteiger partial charge is 0.388 e. The van der Waals surface area contributed by atoms with Gasteiger partial charge in [0.2, 0.25) is 0 Å². The monoisotopic (exact) mass is 382 g/mol. The molecule has 1 nitrogen and oxygen atoms in total. The summed E-state index contributed by atoms with van der Waals surface area (Å²) in [6.45, 7) is 0. The Balaban J connectivity index is 1.91. The molecule has 0 saturated carbocycles. The zero-order valence-electron chi connectivity index (χ0n) is 10.5. The van der Waals surface area contributed by atoms with Crippen LogP contribution in [-0.2, 0) is 6.42 Å². The van der Waals surface area contributed by atoms with Crippen LogP contribution in [0.15, 0.2) is 57.5 Å². The topological polar surface area (TPSA) is 20.2 Å². The third-order valence-corrected chi connectivity index (χ3v) is 4.32. The first kappa shape index (κ1) is 14.8. The van der Waals surface area contributed by atoms with Crippen molar-refractivity contribution in [2.24, 2.45) is 0 Å². The second kappa shape index (κ2) is 7.22. The first-order chi connectivity index (χ1) is 9.16. The number of halogens is 2. The molecule has 19 heavy (non-hydrogen) atoms. The van der Waals surface area contributed by atoms with Crippen LogP contribution < -0.4 is 0 Å². The van der Waals surface area contributed by atoms with Crippen LogP contribution in [0.4, 0.5) is 0 Å². The molecule has 0 spiro atoms. The van der Waals surface area contributed by atoms with Gasteiger partial charge in [0.1, 0.15) is 0 Å². The molecule has 0 radical (unpaired) electrons. The molecule has 0 aliphatic carbocycles. The minimum atomic E-state index is -0.421. The van der Waals surface area contributed by atoms with Crippen LogP contribution >= 0.6 is 31.9 Å². The maximum absolute atomic E-state index is 10.3. The van der Waals surface area contributed by atoms with Crippen LogP contribution in [0.2, 0.25) is 0 Å². The molecule has 0 aromatic heterocycles. The van der Waals surface area contributed by atoms with Crippen molar-refractivity contribution in [2.45, 2.75) is 25.4 Å². The molecule has 2 aromatic carbocycles. The lowest BCUT2D eigenvalue weighted by Gasteiger charge is -2.13. The summed E-state index contributed by atoms with van der Waals surface area (Å²) in [5, 5.41) is 10.3. The smallest absolute Gasteiger partial charge is 0.0801 e. The molecule has 0 fully saturated rings. The minimum Gasteiger partial charge on any atom is -0.388 e. The lowest BCUT2D eigenvalue weighted by Crippen LogP contribution is -1.99. The average Bonchev–Trinajstić information content (AvgIpc) is 2.42. The maximum atomic E-state index is 10.3. The summed E-state index contributed by atoms with van der Waals surface area (Å²) >= 11 is 6.92. The minimum absolute atomic E-state index is 0.421. The number of hydrogen-bond acceptors (Lipinski definition) is 1. The third kappa shape index (κ3) is 4.44. The van der Waals surface area contributed by atoms with Gasteiger partial charge in [-0.1, -0.05) is 62.2 Å². The van der Waals surface area contributed by atoms with Gasteiger partial charge in [-0.05, 0) is 48.6 Å². The van der Waals surface area contributed by atoms with E-state index in [1.54, 1.807) is 0 Å². The lowest BCUT2D eigenvalue weighted by molar-refractivity contribution is 0.164. The fourth-order valence-corrected chi connectivity index (χ4v) is 2.96. The van der Waals surface area contributed by atoms with E-state index in [-0.39, 0.29) is 0 Å². The number of aryl methyl sites for hydroxylation is 1. The van der Waals surface area contributed by atoms with E-state index in [2.05, 4.69) is 56.1 Å². The van der Waals surface area contributed by atoms with Crippen molar-refractivity contribution in [1.29, 1.82) is 0 Å². The Hall–Kier alpha value is -0.640. The van der Waals surface area contributed by atoms with Crippen LogP contribution in [0.3, 0.4) is 0 Å². The zero-order chi connectivity index (χ0) is 13.7. The predicted octanol–water partition coefficient (Wildman–Crippen LogP) is 5.27. The summed E-state index contributed by atoms with van der Waals surface area (Å²) in [5.74, 6) is 0. The number of aliphatic hydroxyl groups is 1. The molecule has 0 aliphatic heterocycles. The second-order valence-electron chi connectivity index (χ2n) is 4.56. The van der Waals surface area contributed by atoms with Gasteiger partial charge in [-0.25, -0.2) is 0 Å². The summed E-state index contributed by atoms with van der Waals surface area (Å²) in [5.41, 5.74) is 2.27. The van der Waals surface area contributed by atoms with Gasteiger partial charge in [0.25, 0.3) is 0 Å². The van der Waals surface area contributed by atoms with Gasteiger partial charge in [-0.15, -0.1) is 0 Å². The van der Waals surface area contributed by atoms with E-state index in [1.807, 2.05) is 24.3 Å². The lowest BCUT2D eigenvalue weighted by atomic mass is 10.0. The summed E-state index contributed by atoms with van der Waals surface area (Å²) in [4.78, 5) is 0. The quantitative estimate of drug-likeness (QED) is 0.745. The molecule has 1 atom stereocenters. The molecular formula is C16H16Br2O. The Bertz CT molecular complexity index is 526. The van der Waals surface area contributed by atoms with Crippen LogP contribution in [0.25, 0.3) is 0 Å². The highest BCUT2D eigenvalue weighted by atomic mass is 79.9. The second-order valence-corrected chi connectivity index (χ2v) is 6.33. The molecule has 3 heteroatoms. The molecule has 0 amide bonds. The van der Waals surface area contributed by atoms with Crippen molar-refractivity contribution >= 4 is 31.9 Å². The van der Waals surface area contributed by atoms with E-state index >= 15 is 0 Å². The molecule has 0 bridgehead atoms. The zero-order valence-corrected chi connectivity index (χ0v) is 13.7. The van der Waals surface area contributed by atoms with E-state index < -0.39 is 6.10 Å². The van der Waals surface area contributed by atoms with Crippen LogP contribution in [0.5, 0.6) is 0 Å². The maximum Gasteiger partial charge on any atom is 0.0801 e. The van der Waals surface area contributed by atoms with E-state index in [1.165, 1.54) is 5.56 Å². The van der Waals surface area contributed by atoms with Gasteiger partial charge in [0, 0.05) is 8.95 Å². The number of benzene rings is 2. The van der Waals surface area contributed by atoms with E-state index in [9.17, 15) is 5.11 Å². The molecule has 0 heterocycles. The van der Waals surface area contributed by atoms with Crippen molar-refractivity contribution in [3.05, 3.63) is 68.6 Å². The number of rotatable bonds is 5. The summed E-state index contributed by atoms with van der Waals surface area (Å²) in [7, 11) is 0. The average molecular weight is 384 g/mol. The summed E-state index contributed by atoms with van der Waals surface area (Å²) in [6, 6.07) is 16.3. The van der Waals surface area contributed by atoms with Gasteiger partial charge in [-0.3, -0.25) is 0 Å². The molecule has 0 aliphatic rings. The third-order valence-electron chi connectivity index (χ3n) is 3.10. The van der Waals surface area contributed by atoms with Gasteiger partial charge < -0.3 is 5.11 Å². The highest BCUT2D eigenvalue weighted by Gasteiger charge is 2.11. The summed E-state index contributed by atoms with van der Waals surface area (Å²) < 4.78 is 1.95. The van der Waals surface area contributed by atoms with E-state index in [0.29, 0.717) is 0 Å². The van der Waals surface area contributed by atoms with Crippen molar-refractivity contribution < 1.29 is 5.11 Å². The van der Waals surface area contributed by atoms with E-state index in [0.717, 1.165) is 33.8 Å². The molecule has 100 valence electrons. The molecule has 2 rings (SSSR count).